The number of hydrogen-bond donors (Lipinski definition) is 0. The second-order valence-corrected chi connectivity index (χ2v) is 5.73. The quantitative estimate of drug-likeness (QED) is 0.514. The van der Waals surface area contributed by atoms with Crippen LogP contribution in [-0.2, 0) is 6.61 Å². The summed E-state index contributed by atoms with van der Waals surface area (Å²) in [4.78, 5) is 8.43. The zero-order valence-electron chi connectivity index (χ0n) is 14.9. The minimum Gasteiger partial charge on any atom is -0.497 e. The van der Waals surface area contributed by atoms with Gasteiger partial charge >= 0.3 is 0 Å². The molecule has 0 aliphatic heterocycles. The molecule has 4 rings (SSSR count). The number of aromatic nitrogens is 3. The molecule has 0 radical (unpaired) electrons. The third-order valence-corrected chi connectivity index (χ3v) is 4.10. The van der Waals surface area contributed by atoms with Crippen LogP contribution in [-0.4, -0.2) is 29.3 Å². The topological polar surface area (TPSA) is 79.5 Å². The van der Waals surface area contributed by atoms with Crippen LogP contribution in [0, 0.1) is 0 Å². The molecule has 27 heavy (non-hydrogen) atoms. The molecule has 136 valence electrons. The van der Waals surface area contributed by atoms with E-state index >= 15 is 0 Å². The van der Waals surface area contributed by atoms with Crippen LogP contribution in [0.3, 0.4) is 0 Å². The molecule has 7 nitrogen and oxygen atoms in total. The molecule has 0 spiro atoms. The van der Waals surface area contributed by atoms with E-state index in [-0.39, 0.29) is 6.61 Å². The zero-order chi connectivity index (χ0) is 18.6. The highest BCUT2D eigenvalue weighted by Gasteiger charge is 2.14. The Labute approximate surface area is 155 Å². The smallest absolute Gasteiger partial charge is 0.224 e. The average molecular weight is 363 g/mol. The largest absolute Gasteiger partial charge is 0.497 e. The van der Waals surface area contributed by atoms with Crippen LogP contribution in [0.5, 0.6) is 17.4 Å². The molecular weight excluding hydrogens is 346 g/mol. The molecule has 2 heterocycles. The minimum atomic E-state index is 0.201. The Kier molecular flexibility index (Phi) is 4.57. The summed E-state index contributed by atoms with van der Waals surface area (Å²) in [6.07, 6.45) is 1.48. The van der Waals surface area contributed by atoms with Gasteiger partial charge in [-0.25, -0.2) is 9.97 Å². The van der Waals surface area contributed by atoms with Gasteiger partial charge in [-0.05, 0) is 24.3 Å². The van der Waals surface area contributed by atoms with Crippen LogP contribution in [0.1, 0.15) is 5.76 Å². The maximum atomic E-state index is 5.81. The Morgan fingerprint density at radius 2 is 1.85 bits per heavy atom. The molecular formula is C20H17N3O4. The van der Waals surface area contributed by atoms with Crippen molar-refractivity contribution >= 4 is 10.9 Å². The molecule has 0 saturated heterocycles. The highest BCUT2D eigenvalue weighted by molar-refractivity contribution is 5.82. The third-order valence-electron chi connectivity index (χ3n) is 4.10. The van der Waals surface area contributed by atoms with Crippen molar-refractivity contribution in [3.05, 3.63) is 60.6 Å². The lowest BCUT2D eigenvalue weighted by Crippen LogP contribution is -1.97. The molecule has 0 aliphatic carbocycles. The van der Waals surface area contributed by atoms with Crippen LogP contribution in [0.25, 0.3) is 22.2 Å². The van der Waals surface area contributed by atoms with Gasteiger partial charge in [-0.2, -0.15) is 0 Å². The van der Waals surface area contributed by atoms with Crippen molar-refractivity contribution in [1.82, 2.24) is 15.1 Å². The number of rotatable bonds is 6. The maximum Gasteiger partial charge on any atom is 0.224 e. The number of hydrogen-bond acceptors (Lipinski definition) is 7. The number of benzene rings is 2. The summed E-state index contributed by atoms with van der Waals surface area (Å²) in [5.74, 6) is 2.43. The SMILES string of the molecule is COc1ccc(-c2cc(COc3ncnc4ccccc34)on2)c(OC)c1. The Balaban J connectivity index is 1.55. The van der Waals surface area contributed by atoms with Crippen LogP contribution in [0.4, 0.5) is 0 Å². The van der Waals surface area contributed by atoms with E-state index in [0.717, 1.165) is 16.5 Å². The first-order valence-electron chi connectivity index (χ1n) is 8.29. The van der Waals surface area contributed by atoms with Gasteiger partial charge < -0.3 is 18.7 Å². The first-order chi connectivity index (χ1) is 13.3. The van der Waals surface area contributed by atoms with Crippen molar-refractivity contribution in [2.75, 3.05) is 14.2 Å². The van der Waals surface area contributed by atoms with Crippen molar-refractivity contribution in [3.63, 3.8) is 0 Å². The van der Waals surface area contributed by atoms with Crippen molar-refractivity contribution in [3.8, 4) is 28.6 Å². The van der Waals surface area contributed by atoms with E-state index in [2.05, 4.69) is 15.1 Å². The summed E-state index contributed by atoms with van der Waals surface area (Å²) in [5, 5.41) is 4.96. The second-order valence-electron chi connectivity index (χ2n) is 5.73. The van der Waals surface area contributed by atoms with E-state index < -0.39 is 0 Å². The standard InChI is InChI=1S/C20H17N3O4/c1-24-13-7-8-15(19(10-13)25-2)18-9-14(27-23-18)11-26-20-16-5-3-4-6-17(16)21-12-22-20/h3-10,12H,11H2,1-2H3. The van der Waals surface area contributed by atoms with Gasteiger partial charge in [0.25, 0.3) is 0 Å². The maximum absolute atomic E-state index is 5.81. The van der Waals surface area contributed by atoms with Gasteiger partial charge in [0.15, 0.2) is 12.4 Å². The van der Waals surface area contributed by atoms with E-state index in [1.54, 1.807) is 20.3 Å². The average Bonchev–Trinajstić information content (AvgIpc) is 3.20. The molecule has 0 fully saturated rings. The number of ether oxygens (including phenoxy) is 3. The lowest BCUT2D eigenvalue weighted by atomic mass is 10.1. The second kappa shape index (κ2) is 7.33. The Morgan fingerprint density at radius 1 is 0.963 bits per heavy atom. The third kappa shape index (κ3) is 3.39. The molecule has 0 atom stereocenters. The van der Waals surface area contributed by atoms with Crippen molar-refractivity contribution in [2.24, 2.45) is 0 Å². The fourth-order valence-electron chi connectivity index (χ4n) is 2.75. The first-order valence-corrected chi connectivity index (χ1v) is 8.29. The molecule has 2 aromatic carbocycles. The summed E-state index contributed by atoms with van der Waals surface area (Å²) in [5.41, 5.74) is 2.28. The lowest BCUT2D eigenvalue weighted by Gasteiger charge is -2.07. The predicted octanol–water partition coefficient (Wildman–Crippen LogP) is 3.88. The molecule has 0 unspecified atom stereocenters. The van der Waals surface area contributed by atoms with Crippen LogP contribution in [0.15, 0.2) is 59.4 Å². The van der Waals surface area contributed by atoms with Gasteiger partial charge in [0.05, 0.1) is 25.1 Å². The molecule has 0 N–H and O–H groups in total. The number of fused-ring (bicyclic) bond motifs is 1. The molecule has 0 bridgehead atoms. The summed E-state index contributed by atoms with van der Waals surface area (Å²) in [6.45, 7) is 0.201. The lowest BCUT2D eigenvalue weighted by molar-refractivity contribution is 0.244. The molecule has 2 aromatic heterocycles. The molecule has 0 amide bonds. The summed E-state index contributed by atoms with van der Waals surface area (Å²) >= 11 is 0. The van der Waals surface area contributed by atoms with Gasteiger partial charge in [0.1, 0.15) is 23.5 Å². The fraction of sp³-hybridized carbons (Fsp3) is 0.150. The minimum absolute atomic E-state index is 0.201. The first kappa shape index (κ1) is 16.8. The highest BCUT2D eigenvalue weighted by Crippen LogP contribution is 2.33. The van der Waals surface area contributed by atoms with Crippen molar-refractivity contribution < 1.29 is 18.7 Å². The van der Waals surface area contributed by atoms with Crippen molar-refractivity contribution in [2.45, 2.75) is 6.61 Å². The van der Waals surface area contributed by atoms with E-state index in [1.165, 1.54) is 6.33 Å². The van der Waals surface area contributed by atoms with E-state index in [1.807, 2.05) is 42.5 Å². The Morgan fingerprint density at radius 3 is 2.70 bits per heavy atom. The highest BCUT2D eigenvalue weighted by atomic mass is 16.5. The van der Waals surface area contributed by atoms with Crippen LogP contribution < -0.4 is 14.2 Å². The summed E-state index contributed by atoms with van der Waals surface area (Å²) in [7, 11) is 3.21. The van der Waals surface area contributed by atoms with Crippen LogP contribution in [0.2, 0.25) is 0 Å². The number of nitrogens with zero attached hydrogens (tertiary/aromatic N) is 3. The monoisotopic (exact) mass is 363 g/mol. The Hall–Kier alpha value is -3.61. The van der Waals surface area contributed by atoms with Gasteiger partial charge in [0.2, 0.25) is 5.88 Å². The normalized spacial score (nSPS) is 10.7. The van der Waals surface area contributed by atoms with Crippen molar-refractivity contribution in [1.29, 1.82) is 0 Å². The zero-order valence-corrected chi connectivity index (χ0v) is 14.9. The van der Waals surface area contributed by atoms with E-state index in [0.29, 0.717) is 28.8 Å². The van der Waals surface area contributed by atoms with Gasteiger partial charge in [-0.1, -0.05) is 17.3 Å². The number of para-hydroxylation sites is 1. The fourth-order valence-corrected chi connectivity index (χ4v) is 2.75. The van der Waals surface area contributed by atoms with Gasteiger partial charge in [0, 0.05) is 17.7 Å². The predicted molar refractivity (Wildman–Crippen MR) is 98.9 cm³/mol. The number of methoxy groups -OCH3 is 2. The Bertz CT molecular complexity index is 1070. The molecule has 0 saturated carbocycles. The van der Waals surface area contributed by atoms with E-state index in [4.69, 9.17) is 18.7 Å². The molecule has 0 aliphatic rings. The summed E-state index contributed by atoms with van der Waals surface area (Å²) < 4.78 is 21.9. The van der Waals surface area contributed by atoms with Gasteiger partial charge in [-0.3, -0.25) is 0 Å². The molecule has 7 heteroatoms. The van der Waals surface area contributed by atoms with Gasteiger partial charge in [-0.15, -0.1) is 0 Å². The molecule has 4 aromatic rings. The van der Waals surface area contributed by atoms with Crippen LogP contribution >= 0.6 is 0 Å². The summed E-state index contributed by atoms with van der Waals surface area (Å²) in [6, 6.07) is 15.0. The van der Waals surface area contributed by atoms with E-state index in [9.17, 15) is 0 Å².